The highest BCUT2D eigenvalue weighted by Crippen LogP contribution is 2.30. The van der Waals surface area contributed by atoms with E-state index in [0.29, 0.717) is 11.3 Å². The molecule has 0 aliphatic heterocycles. The van der Waals surface area contributed by atoms with Gasteiger partial charge >= 0.3 is 0 Å². The van der Waals surface area contributed by atoms with Crippen molar-refractivity contribution in [3.8, 4) is 5.75 Å². The molecule has 2 aromatic rings. The van der Waals surface area contributed by atoms with Crippen molar-refractivity contribution in [2.24, 2.45) is 0 Å². The smallest absolute Gasteiger partial charge is 0.271 e. The molecule has 0 fully saturated rings. The number of non-ortho nitro benzene ring substituents is 1. The third-order valence-electron chi connectivity index (χ3n) is 4.34. The van der Waals surface area contributed by atoms with Gasteiger partial charge in [-0.25, -0.2) is 8.42 Å². The second kappa shape index (κ2) is 8.48. The third-order valence-corrected chi connectivity index (χ3v) is 5.57. The van der Waals surface area contributed by atoms with Crippen LogP contribution in [0.4, 0.5) is 17.1 Å². The Morgan fingerprint density at radius 1 is 1.21 bits per heavy atom. The SMILES string of the molecule is COc1ccc([N+](=O)[O-])cc1NC(=O)[C@H](C)N(c1cc(C)ccc1C)S(C)(=O)=O. The molecule has 1 amide bonds. The van der Waals surface area contributed by atoms with Crippen molar-refractivity contribution in [3.63, 3.8) is 0 Å². The number of methoxy groups -OCH3 is 1. The number of rotatable bonds is 7. The zero-order valence-electron chi connectivity index (χ0n) is 16.8. The van der Waals surface area contributed by atoms with E-state index >= 15 is 0 Å². The number of hydrogen-bond acceptors (Lipinski definition) is 6. The van der Waals surface area contributed by atoms with E-state index in [2.05, 4.69) is 5.32 Å². The first kappa shape index (κ1) is 22.2. The maximum absolute atomic E-state index is 12.9. The molecule has 2 aromatic carbocycles. The summed E-state index contributed by atoms with van der Waals surface area (Å²) in [5.74, 6) is -0.441. The predicted octanol–water partition coefficient (Wildman–Crippen LogP) is 3.01. The maximum atomic E-state index is 12.9. The lowest BCUT2D eigenvalue weighted by atomic mass is 10.1. The van der Waals surface area contributed by atoms with Gasteiger partial charge in [0.25, 0.3) is 5.69 Å². The Morgan fingerprint density at radius 2 is 1.86 bits per heavy atom. The van der Waals surface area contributed by atoms with Gasteiger partial charge in [-0.2, -0.15) is 0 Å². The average molecular weight is 421 g/mol. The minimum Gasteiger partial charge on any atom is -0.495 e. The molecule has 156 valence electrons. The molecule has 0 saturated carbocycles. The number of anilines is 2. The first-order valence-electron chi connectivity index (χ1n) is 8.65. The molecule has 1 atom stereocenters. The highest BCUT2D eigenvalue weighted by Gasteiger charge is 2.31. The summed E-state index contributed by atoms with van der Waals surface area (Å²) in [6.45, 7) is 5.02. The van der Waals surface area contributed by atoms with Crippen LogP contribution >= 0.6 is 0 Å². The fourth-order valence-electron chi connectivity index (χ4n) is 2.88. The average Bonchev–Trinajstić information content (AvgIpc) is 2.63. The lowest BCUT2D eigenvalue weighted by Crippen LogP contribution is -2.45. The van der Waals surface area contributed by atoms with Crippen LogP contribution in [0.5, 0.6) is 5.75 Å². The second-order valence-electron chi connectivity index (χ2n) is 6.66. The third kappa shape index (κ3) is 5.02. The van der Waals surface area contributed by atoms with Gasteiger partial charge in [0.05, 0.1) is 29.7 Å². The fraction of sp³-hybridized carbons (Fsp3) is 0.316. The number of carbonyl (C=O) groups is 1. The zero-order chi connectivity index (χ0) is 21.9. The highest BCUT2D eigenvalue weighted by molar-refractivity contribution is 7.92. The normalized spacial score (nSPS) is 12.2. The van der Waals surface area contributed by atoms with E-state index < -0.39 is 26.9 Å². The summed E-state index contributed by atoms with van der Waals surface area (Å²) >= 11 is 0. The van der Waals surface area contributed by atoms with E-state index in [9.17, 15) is 23.3 Å². The van der Waals surface area contributed by atoms with E-state index in [4.69, 9.17) is 4.74 Å². The Labute approximate surface area is 169 Å². The zero-order valence-corrected chi connectivity index (χ0v) is 17.6. The predicted molar refractivity (Wildman–Crippen MR) is 111 cm³/mol. The van der Waals surface area contributed by atoms with Crippen LogP contribution < -0.4 is 14.4 Å². The lowest BCUT2D eigenvalue weighted by Gasteiger charge is -2.30. The van der Waals surface area contributed by atoms with E-state index in [-0.39, 0.29) is 17.1 Å². The van der Waals surface area contributed by atoms with Gasteiger partial charge in [0.1, 0.15) is 11.8 Å². The van der Waals surface area contributed by atoms with Gasteiger partial charge in [0.15, 0.2) is 0 Å². The molecule has 29 heavy (non-hydrogen) atoms. The number of carbonyl (C=O) groups excluding carboxylic acids is 1. The number of hydrogen-bond donors (Lipinski definition) is 1. The number of nitro groups is 1. The van der Waals surface area contributed by atoms with Crippen molar-refractivity contribution in [2.75, 3.05) is 23.0 Å². The Hall–Kier alpha value is -3.14. The molecule has 0 aliphatic rings. The molecule has 10 heteroatoms. The van der Waals surface area contributed by atoms with Crippen LogP contribution in [-0.2, 0) is 14.8 Å². The van der Waals surface area contributed by atoms with Crippen LogP contribution in [0.25, 0.3) is 0 Å². The van der Waals surface area contributed by atoms with E-state index in [0.717, 1.165) is 22.2 Å². The quantitative estimate of drug-likeness (QED) is 0.542. The van der Waals surface area contributed by atoms with Crippen LogP contribution in [0, 0.1) is 24.0 Å². The number of amides is 1. The minimum absolute atomic E-state index is 0.0768. The van der Waals surface area contributed by atoms with Gasteiger partial charge in [-0.1, -0.05) is 12.1 Å². The largest absolute Gasteiger partial charge is 0.495 e. The number of aryl methyl sites for hydroxylation is 2. The minimum atomic E-state index is -3.80. The van der Waals surface area contributed by atoms with Crippen LogP contribution in [-0.4, -0.2) is 38.7 Å². The topological polar surface area (TPSA) is 119 Å². The number of sulfonamides is 1. The summed E-state index contributed by atoms with van der Waals surface area (Å²) in [6.07, 6.45) is 1.02. The van der Waals surface area contributed by atoms with E-state index in [1.807, 2.05) is 13.0 Å². The molecule has 0 unspecified atom stereocenters. The standard InChI is InChI=1S/C19H23N3O6S/c1-12-6-7-13(2)17(10-12)21(29(5,26)27)14(3)19(23)20-16-11-15(22(24)25)8-9-18(16)28-4/h6-11,14H,1-5H3,(H,20,23)/t14-/m0/s1. The summed E-state index contributed by atoms with van der Waals surface area (Å²) in [4.78, 5) is 23.3. The Morgan fingerprint density at radius 3 is 2.41 bits per heavy atom. The fourth-order valence-corrected chi connectivity index (χ4v) is 4.11. The molecule has 2 rings (SSSR count). The van der Waals surface area contributed by atoms with E-state index in [1.54, 1.807) is 19.1 Å². The molecule has 0 saturated heterocycles. The van der Waals surface area contributed by atoms with Crippen LogP contribution in [0.3, 0.4) is 0 Å². The summed E-state index contributed by atoms with van der Waals surface area (Å²) in [7, 11) is -2.44. The van der Waals surface area contributed by atoms with Crippen molar-refractivity contribution in [1.29, 1.82) is 0 Å². The first-order valence-corrected chi connectivity index (χ1v) is 10.5. The molecular formula is C19H23N3O6S. The molecule has 0 heterocycles. The molecule has 0 aliphatic carbocycles. The van der Waals surface area contributed by atoms with Crippen molar-refractivity contribution in [3.05, 3.63) is 57.6 Å². The Balaban J connectivity index is 2.44. The molecule has 9 nitrogen and oxygen atoms in total. The molecule has 1 N–H and O–H groups in total. The van der Waals surface area contributed by atoms with Crippen LogP contribution in [0.15, 0.2) is 36.4 Å². The summed E-state index contributed by atoms with van der Waals surface area (Å²) in [5, 5.41) is 13.6. The highest BCUT2D eigenvalue weighted by atomic mass is 32.2. The summed E-state index contributed by atoms with van der Waals surface area (Å²) in [6, 6.07) is 7.96. The van der Waals surface area contributed by atoms with Crippen molar-refractivity contribution < 1.29 is 22.9 Å². The summed E-state index contributed by atoms with van der Waals surface area (Å²) < 4.78 is 31.2. The molecule has 0 aromatic heterocycles. The number of benzene rings is 2. The maximum Gasteiger partial charge on any atom is 0.271 e. The number of nitrogens with zero attached hydrogens (tertiary/aromatic N) is 2. The number of nitro benzene ring substituents is 1. The monoisotopic (exact) mass is 421 g/mol. The van der Waals surface area contributed by atoms with Crippen LogP contribution in [0.1, 0.15) is 18.1 Å². The van der Waals surface area contributed by atoms with Gasteiger partial charge < -0.3 is 10.1 Å². The van der Waals surface area contributed by atoms with Crippen molar-refractivity contribution >= 4 is 33.0 Å². The van der Waals surface area contributed by atoms with Gasteiger partial charge in [-0.05, 0) is 44.0 Å². The number of nitrogens with one attached hydrogen (secondary N) is 1. The summed E-state index contributed by atoms with van der Waals surface area (Å²) in [5.41, 5.74) is 1.76. The van der Waals surface area contributed by atoms with Gasteiger partial charge in [0, 0.05) is 12.1 Å². The van der Waals surface area contributed by atoms with Crippen LogP contribution in [0.2, 0.25) is 0 Å². The molecule has 0 spiro atoms. The molecule has 0 radical (unpaired) electrons. The van der Waals surface area contributed by atoms with Gasteiger partial charge in [0.2, 0.25) is 15.9 Å². The first-order chi connectivity index (χ1) is 13.5. The molecule has 0 bridgehead atoms. The Bertz CT molecular complexity index is 1050. The molecular weight excluding hydrogens is 398 g/mol. The number of ether oxygens (including phenoxy) is 1. The van der Waals surface area contributed by atoms with Gasteiger partial charge in [-0.3, -0.25) is 19.2 Å². The van der Waals surface area contributed by atoms with Gasteiger partial charge in [-0.15, -0.1) is 0 Å². The lowest BCUT2D eigenvalue weighted by molar-refractivity contribution is -0.384. The van der Waals surface area contributed by atoms with Crippen molar-refractivity contribution in [1.82, 2.24) is 0 Å². The van der Waals surface area contributed by atoms with E-state index in [1.165, 1.54) is 26.2 Å². The van der Waals surface area contributed by atoms with Crippen molar-refractivity contribution in [2.45, 2.75) is 26.8 Å². The second-order valence-corrected chi connectivity index (χ2v) is 8.52. The Kier molecular flexibility index (Phi) is 6.48.